The molecule has 29 heavy (non-hydrogen) atoms. The summed E-state index contributed by atoms with van der Waals surface area (Å²) in [5, 5.41) is 9.05. The maximum atomic E-state index is 5.51. The number of aromatic nitrogens is 3. The Morgan fingerprint density at radius 1 is 1.03 bits per heavy atom. The number of benzene rings is 1. The lowest BCUT2D eigenvalue weighted by molar-refractivity contribution is 0.122. The summed E-state index contributed by atoms with van der Waals surface area (Å²) in [4.78, 5) is 6.93. The predicted octanol–water partition coefficient (Wildman–Crippen LogP) is 3.27. The highest BCUT2D eigenvalue weighted by atomic mass is 16.5. The van der Waals surface area contributed by atoms with Gasteiger partial charge in [0.25, 0.3) is 0 Å². The zero-order valence-corrected chi connectivity index (χ0v) is 15.7. The maximum absolute atomic E-state index is 5.51. The fraction of sp³-hybridized carbons (Fsp3) is 0.190. The van der Waals surface area contributed by atoms with Crippen LogP contribution in [0.1, 0.15) is 5.76 Å². The van der Waals surface area contributed by atoms with E-state index in [0.29, 0.717) is 24.8 Å². The molecule has 4 heterocycles. The Labute approximate surface area is 167 Å². The lowest BCUT2D eigenvalue weighted by atomic mass is 10.2. The number of hydrogen-bond acceptors (Lipinski definition) is 7. The van der Waals surface area contributed by atoms with E-state index in [9.17, 15) is 0 Å². The third-order valence-electron chi connectivity index (χ3n) is 4.73. The van der Waals surface area contributed by atoms with Crippen LogP contribution in [0.15, 0.2) is 70.4 Å². The van der Waals surface area contributed by atoms with Crippen molar-refractivity contribution in [2.24, 2.45) is 5.10 Å². The number of morpholine rings is 1. The van der Waals surface area contributed by atoms with Gasteiger partial charge in [0.15, 0.2) is 11.5 Å². The lowest BCUT2D eigenvalue weighted by Gasteiger charge is -2.29. The molecule has 0 radical (unpaired) electrons. The van der Waals surface area contributed by atoms with Crippen LogP contribution in [0.4, 0.5) is 11.6 Å². The number of ether oxygens (including phenoxy) is 1. The molecule has 146 valence electrons. The Bertz CT molecular complexity index is 1120. The first kappa shape index (κ1) is 17.4. The van der Waals surface area contributed by atoms with Crippen molar-refractivity contribution in [2.75, 3.05) is 36.6 Å². The summed E-state index contributed by atoms with van der Waals surface area (Å²) in [6.45, 7) is 2.98. The van der Waals surface area contributed by atoms with Gasteiger partial charge in [0.05, 0.1) is 31.4 Å². The second-order valence-electron chi connectivity index (χ2n) is 6.65. The lowest BCUT2D eigenvalue weighted by Crippen LogP contribution is -2.37. The molecular formula is C21H20N6O2. The van der Waals surface area contributed by atoms with E-state index in [1.165, 1.54) is 0 Å². The van der Waals surface area contributed by atoms with Crippen LogP contribution in [-0.2, 0) is 4.74 Å². The molecule has 8 heteroatoms. The SMILES string of the molecule is C(=NNc1cc(N2CCOCC2)n2nc(-c3ccccc3)cc2n1)c1ccco1. The second-order valence-corrected chi connectivity index (χ2v) is 6.65. The van der Waals surface area contributed by atoms with Gasteiger partial charge >= 0.3 is 0 Å². The van der Waals surface area contributed by atoms with Crippen LogP contribution in [0.25, 0.3) is 16.9 Å². The van der Waals surface area contributed by atoms with Crippen molar-refractivity contribution in [2.45, 2.75) is 0 Å². The second kappa shape index (κ2) is 7.76. The highest BCUT2D eigenvalue weighted by Gasteiger charge is 2.18. The molecule has 1 aliphatic heterocycles. The predicted molar refractivity (Wildman–Crippen MR) is 111 cm³/mol. The minimum absolute atomic E-state index is 0.640. The van der Waals surface area contributed by atoms with Crippen molar-refractivity contribution in [1.29, 1.82) is 0 Å². The zero-order valence-electron chi connectivity index (χ0n) is 15.7. The summed E-state index contributed by atoms with van der Waals surface area (Å²) in [5.74, 6) is 2.26. The van der Waals surface area contributed by atoms with Gasteiger partial charge in [-0.25, -0.2) is 4.98 Å². The van der Waals surface area contributed by atoms with Crippen molar-refractivity contribution in [1.82, 2.24) is 14.6 Å². The van der Waals surface area contributed by atoms with E-state index in [1.807, 2.05) is 59.1 Å². The van der Waals surface area contributed by atoms with Gasteiger partial charge in [0.2, 0.25) is 0 Å². The summed E-state index contributed by atoms with van der Waals surface area (Å²) >= 11 is 0. The molecule has 0 spiro atoms. The van der Waals surface area contributed by atoms with Gasteiger partial charge in [0, 0.05) is 30.8 Å². The molecule has 1 N–H and O–H groups in total. The maximum Gasteiger partial charge on any atom is 0.160 e. The van der Waals surface area contributed by atoms with Crippen LogP contribution in [-0.4, -0.2) is 47.1 Å². The van der Waals surface area contributed by atoms with Crippen LogP contribution < -0.4 is 10.3 Å². The summed E-state index contributed by atoms with van der Waals surface area (Å²) < 4.78 is 12.7. The van der Waals surface area contributed by atoms with E-state index < -0.39 is 0 Å². The summed E-state index contributed by atoms with van der Waals surface area (Å²) in [6.07, 6.45) is 3.23. The number of nitrogens with zero attached hydrogens (tertiary/aromatic N) is 5. The molecule has 4 aromatic rings. The molecule has 1 saturated heterocycles. The number of hydrazone groups is 1. The Balaban J connectivity index is 1.53. The van der Waals surface area contributed by atoms with Crippen LogP contribution in [0, 0.1) is 0 Å². The number of furan rings is 1. The molecule has 1 fully saturated rings. The van der Waals surface area contributed by atoms with Gasteiger partial charge in [0.1, 0.15) is 11.6 Å². The first-order valence-electron chi connectivity index (χ1n) is 9.48. The highest BCUT2D eigenvalue weighted by molar-refractivity contribution is 5.76. The molecule has 5 rings (SSSR count). The Hall–Kier alpha value is -3.65. The van der Waals surface area contributed by atoms with Crippen molar-refractivity contribution < 1.29 is 9.15 Å². The van der Waals surface area contributed by atoms with Gasteiger partial charge < -0.3 is 14.1 Å². The van der Waals surface area contributed by atoms with Gasteiger partial charge in [-0.15, -0.1) is 0 Å². The third kappa shape index (κ3) is 3.70. The monoisotopic (exact) mass is 388 g/mol. The summed E-state index contributed by atoms with van der Waals surface area (Å²) in [5.41, 5.74) is 5.69. The van der Waals surface area contributed by atoms with Crippen molar-refractivity contribution in [3.05, 3.63) is 66.6 Å². The first-order valence-corrected chi connectivity index (χ1v) is 9.48. The van der Waals surface area contributed by atoms with Gasteiger partial charge in [-0.2, -0.15) is 14.7 Å². The topological polar surface area (TPSA) is 80.2 Å². The fourth-order valence-corrected chi connectivity index (χ4v) is 3.31. The molecule has 0 unspecified atom stereocenters. The Kier molecular flexibility index (Phi) is 4.67. The van der Waals surface area contributed by atoms with Gasteiger partial charge in [-0.3, -0.25) is 5.43 Å². The van der Waals surface area contributed by atoms with E-state index >= 15 is 0 Å². The zero-order chi connectivity index (χ0) is 19.5. The average Bonchev–Trinajstić information content (AvgIpc) is 3.44. The summed E-state index contributed by atoms with van der Waals surface area (Å²) in [6, 6.07) is 17.7. The summed E-state index contributed by atoms with van der Waals surface area (Å²) in [7, 11) is 0. The van der Waals surface area contributed by atoms with Crippen molar-refractivity contribution >= 4 is 23.5 Å². The van der Waals surface area contributed by atoms with E-state index in [2.05, 4.69) is 20.4 Å². The first-order chi connectivity index (χ1) is 14.4. The molecule has 3 aromatic heterocycles. The van der Waals surface area contributed by atoms with Crippen molar-refractivity contribution in [3.63, 3.8) is 0 Å². The average molecular weight is 388 g/mol. The van der Waals surface area contributed by atoms with E-state index in [1.54, 1.807) is 12.5 Å². The van der Waals surface area contributed by atoms with Gasteiger partial charge in [-0.1, -0.05) is 30.3 Å². The van der Waals surface area contributed by atoms with Crippen LogP contribution in [0.5, 0.6) is 0 Å². The minimum atomic E-state index is 0.640. The third-order valence-corrected chi connectivity index (χ3v) is 4.73. The molecule has 0 atom stereocenters. The van der Waals surface area contributed by atoms with Crippen molar-refractivity contribution in [3.8, 4) is 11.3 Å². The molecule has 0 amide bonds. The molecule has 0 saturated carbocycles. The standard InChI is InChI=1S/C21H20N6O2/c1-2-5-16(6-3-1)18-13-20-23-19(24-22-15-17-7-4-10-29-17)14-21(27(20)25-18)26-8-11-28-12-9-26/h1-7,10,13-15H,8-9,11-12H2,(H,23,24). The molecule has 0 aliphatic carbocycles. The molecular weight excluding hydrogens is 368 g/mol. The normalized spacial score (nSPS) is 14.7. The van der Waals surface area contributed by atoms with Crippen LogP contribution in [0.2, 0.25) is 0 Å². The Morgan fingerprint density at radius 2 is 1.90 bits per heavy atom. The number of fused-ring (bicyclic) bond motifs is 1. The number of anilines is 2. The molecule has 0 bridgehead atoms. The largest absolute Gasteiger partial charge is 0.463 e. The molecule has 1 aliphatic rings. The number of nitrogens with one attached hydrogen (secondary N) is 1. The number of rotatable bonds is 5. The van der Waals surface area contributed by atoms with Crippen LogP contribution in [0.3, 0.4) is 0 Å². The molecule has 8 nitrogen and oxygen atoms in total. The van der Waals surface area contributed by atoms with E-state index in [4.69, 9.17) is 14.3 Å². The quantitative estimate of drug-likeness (QED) is 0.418. The highest BCUT2D eigenvalue weighted by Crippen LogP contribution is 2.25. The van der Waals surface area contributed by atoms with E-state index in [0.717, 1.165) is 35.8 Å². The Morgan fingerprint density at radius 3 is 2.69 bits per heavy atom. The fourth-order valence-electron chi connectivity index (χ4n) is 3.31. The minimum Gasteiger partial charge on any atom is -0.463 e. The van der Waals surface area contributed by atoms with Crippen LogP contribution >= 0.6 is 0 Å². The van der Waals surface area contributed by atoms with Gasteiger partial charge in [-0.05, 0) is 12.1 Å². The van der Waals surface area contributed by atoms with E-state index in [-0.39, 0.29) is 0 Å². The molecule has 1 aromatic carbocycles. The smallest absolute Gasteiger partial charge is 0.160 e. The number of hydrogen-bond donors (Lipinski definition) is 1.